The first-order valence-corrected chi connectivity index (χ1v) is 9.20. The molecule has 1 atom stereocenters. The van der Waals surface area contributed by atoms with Gasteiger partial charge >= 0.3 is 6.18 Å². The fraction of sp³-hybridized carbons (Fsp3) is 0.238. The minimum absolute atomic E-state index is 0.184. The zero-order valence-corrected chi connectivity index (χ0v) is 16.2. The van der Waals surface area contributed by atoms with Crippen LogP contribution in [0.1, 0.15) is 41.4 Å². The average molecular weight is 404 g/mol. The van der Waals surface area contributed by atoms with Crippen LogP contribution in [0.5, 0.6) is 0 Å². The lowest BCUT2D eigenvalue weighted by molar-refractivity contribution is -0.137. The summed E-state index contributed by atoms with van der Waals surface area (Å²) in [6, 6.07) is 13.0. The van der Waals surface area contributed by atoms with E-state index in [4.69, 9.17) is 12.2 Å². The second-order valence-corrected chi connectivity index (χ2v) is 6.83. The molecule has 1 N–H and O–H groups in total. The molecule has 0 aromatic heterocycles. The number of alkyl halides is 3. The molecule has 1 aliphatic heterocycles. The Kier molecular flexibility index (Phi) is 5.56. The number of hydrogen-bond acceptors (Lipinski definition) is 2. The molecule has 7 heteroatoms. The molecule has 3 rings (SSSR count). The molecule has 0 aliphatic carbocycles. The van der Waals surface area contributed by atoms with Crippen molar-refractivity contribution < 1.29 is 18.0 Å². The van der Waals surface area contributed by atoms with E-state index in [9.17, 15) is 18.0 Å². The molecule has 0 fully saturated rings. The van der Waals surface area contributed by atoms with Crippen molar-refractivity contribution >= 4 is 23.1 Å². The summed E-state index contributed by atoms with van der Waals surface area (Å²) in [7, 11) is 0. The van der Waals surface area contributed by atoms with E-state index in [1.165, 1.54) is 12.1 Å². The Morgan fingerprint density at radius 1 is 1.11 bits per heavy atom. The van der Waals surface area contributed by atoms with Crippen molar-refractivity contribution in [3.63, 3.8) is 0 Å². The van der Waals surface area contributed by atoms with E-state index < -0.39 is 17.8 Å². The Labute approximate surface area is 166 Å². The zero-order valence-electron chi connectivity index (χ0n) is 15.4. The van der Waals surface area contributed by atoms with Gasteiger partial charge in [0.1, 0.15) is 0 Å². The van der Waals surface area contributed by atoms with E-state index in [1.54, 1.807) is 24.3 Å². The highest BCUT2D eigenvalue weighted by Crippen LogP contribution is 2.35. The number of Topliss-reactive ketones (excluding diaryl/α,β-unsaturated/α-hetero) is 1. The first kappa shape index (κ1) is 20.1. The van der Waals surface area contributed by atoms with Gasteiger partial charge in [0.25, 0.3) is 0 Å². The fourth-order valence-electron chi connectivity index (χ4n) is 3.32. The molecule has 1 unspecified atom stereocenters. The maximum absolute atomic E-state index is 13.2. The Morgan fingerprint density at radius 2 is 1.71 bits per heavy atom. The smallest absolute Gasteiger partial charge is 0.351 e. The minimum atomic E-state index is -4.42. The molecular weight excluding hydrogens is 385 g/mol. The van der Waals surface area contributed by atoms with Crippen LogP contribution in [-0.4, -0.2) is 22.3 Å². The number of ketones is 1. The SMILES string of the molecule is CCN1C(=S)NC(c2ccc(C(F)(F)F)cc2)C(C(=O)c2ccccc2)=C1C. The van der Waals surface area contributed by atoms with Crippen molar-refractivity contribution in [1.29, 1.82) is 0 Å². The van der Waals surface area contributed by atoms with E-state index in [-0.39, 0.29) is 5.78 Å². The maximum Gasteiger partial charge on any atom is 0.416 e. The van der Waals surface area contributed by atoms with Crippen LogP contribution in [0.3, 0.4) is 0 Å². The standard InChI is InChI=1S/C21H19F3N2OS/c1-3-26-13(2)17(19(27)15-7-5-4-6-8-15)18(25-20(26)28)14-9-11-16(12-10-14)21(22,23)24/h4-12,18H,3H2,1-2H3,(H,25,28). The third kappa shape index (κ3) is 3.80. The number of halogens is 3. The summed E-state index contributed by atoms with van der Waals surface area (Å²) < 4.78 is 38.7. The zero-order chi connectivity index (χ0) is 20.5. The second kappa shape index (κ2) is 7.75. The average Bonchev–Trinajstić information content (AvgIpc) is 2.67. The van der Waals surface area contributed by atoms with Crippen molar-refractivity contribution in [3.05, 3.63) is 82.6 Å². The molecule has 0 radical (unpaired) electrons. The molecule has 1 heterocycles. The third-order valence-electron chi connectivity index (χ3n) is 4.76. The Hall–Kier alpha value is -2.67. The van der Waals surface area contributed by atoms with Gasteiger partial charge in [-0.25, -0.2) is 0 Å². The molecule has 1 aliphatic rings. The molecule has 3 nitrogen and oxygen atoms in total. The largest absolute Gasteiger partial charge is 0.416 e. The highest BCUT2D eigenvalue weighted by atomic mass is 32.1. The number of hydrogen-bond donors (Lipinski definition) is 1. The van der Waals surface area contributed by atoms with Crippen molar-refractivity contribution in [2.75, 3.05) is 6.54 Å². The number of carbonyl (C=O) groups is 1. The second-order valence-electron chi connectivity index (χ2n) is 6.44. The molecule has 0 spiro atoms. The van der Waals surface area contributed by atoms with E-state index in [1.807, 2.05) is 24.8 Å². The number of nitrogens with one attached hydrogen (secondary N) is 1. The van der Waals surface area contributed by atoms with Gasteiger partial charge in [-0.3, -0.25) is 4.79 Å². The first-order valence-electron chi connectivity index (χ1n) is 8.79. The number of benzene rings is 2. The van der Waals surface area contributed by atoms with Crippen LogP contribution >= 0.6 is 12.2 Å². The van der Waals surface area contributed by atoms with Gasteiger partial charge in [0.15, 0.2) is 10.9 Å². The molecule has 146 valence electrons. The van der Waals surface area contributed by atoms with Gasteiger partial charge in [-0.15, -0.1) is 0 Å². The van der Waals surface area contributed by atoms with Crippen LogP contribution in [0.25, 0.3) is 0 Å². The Bertz CT molecular complexity index is 921. The first-order chi connectivity index (χ1) is 13.2. The van der Waals surface area contributed by atoms with Crippen LogP contribution in [0, 0.1) is 0 Å². The summed E-state index contributed by atoms with van der Waals surface area (Å²) in [6.07, 6.45) is -4.42. The number of allylic oxidation sites excluding steroid dienone is 1. The lowest BCUT2D eigenvalue weighted by Gasteiger charge is -2.37. The van der Waals surface area contributed by atoms with E-state index >= 15 is 0 Å². The van der Waals surface area contributed by atoms with E-state index in [2.05, 4.69) is 5.32 Å². The molecule has 2 aromatic rings. The van der Waals surface area contributed by atoms with Crippen molar-refractivity contribution in [2.24, 2.45) is 0 Å². The van der Waals surface area contributed by atoms with Crippen molar-refractivity contribution in [2.45, 2.75) is 26.1 Å². The van der Waals surface area contributed by atoms with E-state index in [0.29, 0.717) is 34.1 Å². The summed E-state index contributed by atoms with van der Waals surface area (Å²) in [5.74, 6) is -0.184. The molecule has 0 amide bonds. The molecule has 0 saturated heterocycles. The third-order valence-corrected chi connectivity index (χ3v) is 5.10. The summed E-state index contributed by atoms with van der Waals surface area (Å²) in [5.41, 5.74) is 1.50. The quantitative estimate of drug-likeness (QED) is 0.567. The van der Waals surface area contributed by atoms with Crippen LogP contribution in [0.4, 0.5) is 13.2 Å². The minimum Gasteiger partial charge on any atom is -0.351 e. The van der Waals surface area contributed by atoms with Gasteiger partial charge in [0.05, 0.1) is 11.6 Å². The number of nitrogens with zero attached hydrogens (tertiary/aromatic N) is 1. The highest BCUT2D eigenvalue weighted by molar-refractivity contribution is 7.80. The molecule has 28 heavy (non-hydrogen) atoms. The Balaban J connectivity index is 2.09. The topological polar surface area (TPSA) is 32.3 Å². The van der Waals surface area contributed by atoms with Gasteiger partial charge in [-0.1, -0.05) is 42.5 Å². The van der Waals surface area contributed by atoms with Gasteiger partial charge < -0.3 is 10.2 Å². The van der Waals surface area contributed by atoms with Gasteiger partial charge in [-0.05, 0) is 43.8 Å². The van der Waals surface area contributed by atoms with E-state index in [0.717, 1.165) is 12.1 Å². The lowest BCUT2D eigenvalue weighted by atomic mass is 9.89. The highest BCUT2D eigenvalue weighted by Gasteiger charge is 2.35. The van der Waals surface area contributed by atoms with Crippen LogP contribution < -0.4 is 5.32 Å². The number of carbonyl (C=O) groups excluding carboxylic acids is 1. The number of thiocarbonyl (C=S) groups is 1. The fourth-order valence-corrected chi connectivity index (χ4v) is 3.70. The van der Waals surface area contributed by atoms with Crippen LogP contribution in [0.15, 0.2) is 65.9 Å². The predicted octanol–water partition coefficient (Wildman–Crippen LogP) is 5.11. The van der Waals surface area contributed by atoms with Crippen LogP contribution in [0.2, 0.25) is 0 Å². The van der Waals surface area contributed by atoms with Crippen LogP contribution in [-0.2, 0) is 6.18 Å². The summed E-state index contributed by atoms with van der Waals surface area (Å²) in [6.45, 7) is 4.30. The number of rotatable bonds is 4. The predicted molar refractivity (Wildman–Crippen MR) is 106 cm³/mol. The van der Waals surface area contributed by atoms with Gasteiger partial charge in [0.2, 0.25) is 0 Å². The van der Waals surface area contributed by atoms with Crippen molar-refractivity contribution in [1.82, 2.24) is 10.2 Å². The van der Waals surface area contributed by atoms with Gasteiger partial charge in [-0.2, -0.15) is 13.2 Å². The maximum atomic E-state index is 13.2. The normalized spacial score (nSPS) is 17.5. The lowest BCUT2D eigenvalue weighted by Crippen LogP contribution is -2.47. The summed E-state index contributed by atoms with van der Waals surface area (Å²) >= 11 is 5.41. The molecular formula is C21H19F3N2OS. The molecule has 0 saturated carbocycles. The summed E-state index contributed by atoms with van der Waals surface area (Å²) in [4.78, 5) is 15.1. The van der Waals surface area contributed by atoms with Crippen molar-refractivity contribution in [3.8, 4) is 0 Å². The molecule has 0 bridgehead atoms. The monoisotopic (exact) mass is 404 g/mol. The summed E-state index contributed by atoms with van der Waals surface area (Å²) in [5, 5.41) is 3.56. The van der Waals surface area contributed by atoms with Gasteiger partial charge in [0, 0.05) is 23.4 Å². The molecule has 2 aromatic carbocycles. The Morgan fingerprint density at radius 3 is 2.25 bits per heavy atom.